The van der Waals surface area contributed by atoms with Crippen LogP contribution in [-0.4, -0.2) is 36.3 Å². The van der Waals surface area contributed by atoms with Crippen LogP contribution in [0.4, 0.5) is 10.1 Å². The first kappa shape index (κ1) is 14.3. The predicted octanol–water partition coefficient (Wildman–Crippen LogP) is 1.40. The van der Waals surface area contributed by atoms with Crippen molar-refractivity contribution in [2.45, 2.75) is 25.0 Å². The van der Waals surface area contributed by atoms with Crippen LogP contribution in [0.15, 0.2) is 18.2 Å². The first-order chi connectivity index (χ1) is 9.51. The summed E-state index contributed by atoms with van der Waals surface area (Å²) in [7, 11) is 1.32. The first-order valence-corrected chi connectivity index (χ1v) is 6.04. The Morgan fingerprint density at radius 2 is 2.10 bits per heavy atom. The molecule has 6 nitrogen and oxygen atoms in total. The zero-order chi connectivity index (χ0) is 14.7. The molecule has 1 saturated heterocycles. The van der Waals surface area contributed by atoms with Gasteiger partial charge >= 0.3 is 5.97 Å². The third-order valence-electron chi connectivity index (χ3n) is 3.01. The highest BCUT2D eigenvalue weighted by atomic mass is 19.1. The summed E-state index contributed by atoms with van der Waals surface area (Å²) in [6.45, 7) is 0. The molecule has 0 aromatic heterocycles. The third kappa shape index (κ3) is 3.05. The second-order valence-electron chi connectivity index (χ2n) is 4.37. The number of methoxy groups -OCH3 is 1. The number of rotatable bonds is 4. The van der Waals surface area contributed by atoms with Crippen molar-refractivity contribution >= 4 is 17.6 Å². The molecular weight excluding hydrogens is 269 g/mol. The van der Waals surface area contributed by atoms with E-state index < -0.39 is 29.9 Å². The number of halogens is 1. The number of aliphatic carboxylic acids is 1. The van der Waals surface area contributed by atoms with Crippen LogP contribution in [0.25, 0.3) is 0 Å². The fourth-order valence-corrected chi connectivity index (χ4v) is 1.97. The molecule has 1 aromatic rings. The number of carbonyl (C=O) groups is 2. The summed E-state index contributed by atoms with van der Waals surface area (Å²) < 4.78 is 23.1. The van der Waals surface area contributed by atoms with Gasteiger partial charge in [0, 0.05) is 11.8 Å². The van der Waals surface area contributed by atoms with Gasteiger partial charge in [-0.05, 0) is 25.0 Å². The van der Waals surface area contributed by atoms with Crippen molar-refractivity contribution in [2.24, 2.45) is 0 Å². The van der Waals surface area contributed by atoms with Crippen molar-refractivity contribution in [3.8, 4) is 5.75 Å². The van der Waals surface area contributed by atoms with E-state index >= 15 is 0 Å². The normalized spacial score (nSPS) is 21.5. The van der Waals surface area contributed by atoms with E-state index in [1.165, 1.54) is 25.3 Å². The van der Waals surface area contributed by atoms with Gasteiger partial charge < -0.3 is 19.9 Å². The van der Waals surface area contributed by atoms with Gasteiger partial charge in [0.2, 0.25) is 0 Å². The van der Waals surface area contributed by atoms with Crippen LogP contribution in [0, 0.1) is 5.82 Å². The monoisotopic (exact) mass is 283 g/mol. The number of ether oxygens (including phenoxy) is 2. The lowest BCUT2D eigenvalue weighted by Gasteiger charge is -2.12. The van der Waals surface area contributed by atoms with Gasteiger partial charge in [0.15, 0.2) is 17.7 Å². The zero-order valence-corrected chi connectivity index (χ0v) is 10.8. The van der Waals surface area contributed by atoms with E-state index in [0.717, 1.165) is 0 Å². The summed E-state index contributed by atoms with van der Waals surface area (Å²) >= 11 is 0. The number of nitrogens with one attached hydrogen (secondary N) is 1. The van der Waals surface area contributed by atoms with Gasteiger partial charge in [0.25, 0.3) is 5.91 Å². The third-order valence-corrected chi connectivity index (χ3v) is 3.01. The summed E-state index contributed by atoms with van der Waals surface area (Å²) in [5.41, 5.74) is 0.357. The van der Waals surface area contributed by atoms with Crippen LogP contribution >= 0.6 is 0 Å². The molecule has 108 valence electrons. The van der Waals surface area contributed by atoms with Crippen molar-refractivity contribution in [3.05, 3.63) is 24.0 Å². The van der Waals surface area contributed by atoms with Crippen LogP contribution in [0.1, 0.15) is 12.8 Å². The maximum Gasteiger partial charge on any atom is 0.332 e. The second-order valence-corrected chi connectivity index (χ2v) is 4.37. The van der Waals surface area contributed by atoms with Crippen molar-refractivity contribution in [1.29, 1.82) is 0 Å². The molecule has 0 radical (unpaired) electrons. The minimum atomic E-state index is -1.08. The lowest BCUT2D eigenvalue weighted by atomic mass is 10.2. The topological polar surface area (TPSA) is 84.9 Å². The zero-order valence-electron chi connectivity index (χ0n) is 10.8. The Morgan fingerprint density at radius 3 is 2.70 bits per heavy atom. The molecule has 1 aromatic carbocycles. The molecule has 2 N–H and O–H groups in total. The summed E-state index contributed by atoms with van der Waals surface area (Å²) in [6.07, 6.45) is -1.14. The van der Waals surface area contributed by atoms with Crippen molar-refractivity contribution in [1.82, 2.24) is 0 Å². The minimum absolute atomic E-state index is 0.0125. The minimum Gasteiger partial charge on any atom is -0.494 e. The van der Waals surface area contributed by atoms with Crippen molar-refractivity contribution in [3.63, 3.8) is 0 Å². The predicted molar refractivity (Wildman–Crippen MR) is 67.1 cm³/mol. The molecule has 1 aliphatic heterocycles. The van der Waals surface area contributed by atoms with E-state index in [1.54, 1.807) is 0 Å². The van der Waals surface area contributed by atoms with Crippen LogP contribution in [0.3, 0.4) is 0 Å². The van der Waals surface area contributed by atoms with E-state index in [4.69, 9.17) is 14.6 Å². The summed E-state index contributed by atoms with van der Waals surface area (Å²) in [5.74, 6) is -2.06. The maximum atomic E-state index is 13.2. The van der Waals surface area contributed by atoms with Gasteiger partial charge in [-0.1, -0.05) is 0 Å². The van der Waals surface area contributed by atoms with Gasteiger partial charge in [-0.15, -0.1) is 0 Å². The SMILES string of the molecule is COc1cc(NC(=O)[C@@H]2CC[C@H](C(=O)O)O2)ccc1F. The molecular formula is C13H14FNO5. The lowest BCUT2D eigenvalue weighted by Crippen LogP contribution is -2.29. The van der Waals surface area contributed by atoms with Crippen LogP contribution < -0.4 is 10.1 Å². The lowest BCUT2D eigenvalue weighted by molar-refractivity contribution is -0.150. The molecule has 1 aliphatic rings. The van der Waals surface area contributed by atoms with Crippen LogP contribution in [0.2, 0.25) is 0 Å². The Bertz CT molecular complexity index is 533. The Balaban J connectivity index is 2.00. The molecule has 1 amide bonds. The van der Waals surface area contributed by atoms with E-state index in [1.807, 2.05) is 0 Å². The molecule has 0 unspecified atom stereocenters. The fourth-order valence-electron chi connectivity index (χ4n) is 1.97. The molecule has 0 bridgehead atoms. The van der Waals surface area contributed by atoms with E-state index in [0.29, 0.717) is 18.5 Å². The largest absolute Gasteiger partial charge is 0.494 e. The highest BCUT2D eigenvalue weighted by Crippen LogP contribution is 2.24. The molecule has 0 spiro atoms. The van der Waals surface area contributed by atoms with Crippen LogP contribution in [-0.2, 0) is 14.3 Å². The van der Waals surface area contributed by atoms with Crippen molar-refractivity contribution < 1.29 is 28.6 Å². The standard InChI is InChI=1S/C13H14FNO5/c1-19-11-6-7(2-3-8(11)14)15-12(16)9-4-5-10(20-9)13(17)18/h2-3,6,9-10H,4-5H2,1H3,(H,15,16)(H,17,18)/t9-,10+/m0/s1. The number of carboxylic acids is 1. The van der Waals surface area contributed by atoms with Crippen molar-refractivity contribution in [2.75, 3.05) is 12.4 Å². The summed E-state index contributed by atoms with van der Waals surface area (Å²) in [4.78, 5) is 22.6. The molecule has 20 heavy (non-hydrogen) atoms. The van der Waals surface area contributed by atoms with E-state index in [-0.39, 0.29) is 5.75 Å². The molecule has 2 rings (SSSR count). The number of carbonyl (C=O) groups excluding carboxylic acids is 1. The van der Waals surface area contributed by atoms with Gasteiger partial charge in [-0.2, -0.15) is 0 Å². The number of hydrogen-bond donors (Lipinski definition) is 2. The quantitative estimate of drug-likeness (QED) is 0.872. The number of amides is 1. The van der Waals surface area contributed by atoms with Gasteiger partial charge in [0.05, 0.1) is 7.11 Å². The number of anilines is 1. The second kappa shape index (κ2) is 5.87. The van der Waals surface area contributed by atoms with E-state index in [2.05, 4.69) is 5.32 Å². The smallest absolute Gasteiger partial charge is 0.332 e. The average Bonchev–Trinajstić information content (AvgIpc) is 2.91. The first-order valence-electron chi connectivity index (χ1n) is 6.04. The molecule has 1 heterocycles. The Morgan fingerprint density at radius 1 is 1.40 bits per heavy atom. The van der Waals surface area contributed by atoms with Gasteiger partial charge in [0.1, 0.15) is 6.10 Å². The number of hydrogen-bond acceptors (Lipinski definition) is 4. The Hall–Kier alpha value is -2.15. The molecule has 0 aliphatic carbocycles. The summed E-state index contributed by atoms with van der Waals surface area (Å²) in [5, 5.41) is 11.3. The number of carboxylic acid groups (broad SMARTS) is 1. The number of benzene rings is 1. The Labute approximate surface area is 114 Å². The highest BCUT2D eigenvalue weighted by molar-refractivity contribution is 5.94. The fraction of sp³-hybridized carbons (Fsp3) is 0.385. The molecule has 7 heteroatoms. The van der Waals surface area contributed by atoms with Gasteiger partial charge in [-0.25, -0.2) is 9.18 Å². The molecule has 1 fully saturated rings. The summed E-state index contributed by atoms with van der Waals surface area (Å²) in [6, 6.07) is 3.90. The molecule has 2 atom stereocenters. The highest BCUT2D eigenvalue weighted by Gasteiger charge is 2.34. The average molecular weight is 283 g/mol. The van der Waals surface area contributed by atoms with Gasteiger partial charge in [-0.3, -0.25) is 4.79 Å². The van der Waals surface area contributed by atoms with Crippen LogP contribution in [0.5, 0.6) is 5.75 Å². The molecule has 0 saturated carbocycles. The maximum absolute atomic E-state index is 13.2. The Kier molecular flexibility index (Phi) is 4.19. The van der Waals surface area contributed by atoms with E-state index in [9.17, 15) is 14.0 Å².